The maximum Gasteiger partial charge on any atom is 0.316 e. The number of methoxy groups -OCH3 is 2. The Hall–Kier alpha value is -2.43. The van der Waals surface area contributed by atoms with Gasteiger partial charge in [0.25, 0.3) is 0 Å². The molecule has 2 aromatic carbocycles. The van der Waals surface area contributed by atoms with E-state index in [0.717, 1.165) is 0 Å². The van der Waals surface area contributed by atoms with Crippen molar-refractivity contribution in [2.24, 2.45) is 5.41 Å². The highest BCUT2D eigenvalue weighted by molar-refractivity contribution is 6.00. The summed E-state index contributed by atoms with van der Waals surface area (Å²) in [6.07, 6.45) is 0. The van der Waals surface area contributed by atoms with Crippen LogP contribution in [0.5, 0.6) is 23.0 Å². The van der Waals surface area contributed by atoms with Crippen LogP contribution < -0.4 is 14.2 Å². The van der Waals surface area contributed by atoms with Crippen LogP contribution in [0.15, 0.2) is 24.3 Å². The molecule has 2 aromatic rings. The van der Waals surface area contributed by atoms with Gasteiger partial charge in [0, 0.05) is 10.8 Å². The molecule has 0 unspecified atom stereocenters. The lowest BCUT2D eigenvalue weighted by Gasteiger charge is -2.21. The second kappa shape index (κ2) is 5.75. The second-order valence-corrected chi connectivity index (χ2v) is 5.93. The molecule has 2 rings (SSSR count). The van der Waals surface area contributed by atoms with Crippen LogP contribution in [0.25, 0.3) is 10.8 Å². The molecular formula is C17H20O5. The van der Waals surface area contributed by atoms with Crippen molar-refractivity contribution in [3.05, 3.63) is 24.3 Å². The molecule has 0 fully saturated rings. The number of carbonyl (C=O) groups excluding carboxylic acids is 1. The van der Waals surface area contributed by atoms with Crippen LogP contribution in [0.3, 0.4) is 0 Å². The summed E-state index contributed by atoms with van der Waals surface area (Å²) in [5.74, 6) is 0.121. The number of hydrogen-bond donors (Lipinski definition) is 1. The topological polar surface area (TPSA) is 65.0 Å². The van der Waals surface area contributed by atoms with Crippen molar-refractivity contribution >= 4 is 16.7 Å². The van der Waals surface area contributed by atoms with Crippen molar-refractivity contribution in [3.63, 3.8) is 0 Å². The van der Waals surface area contributed by atoms with Gasteiger partial charge < -0.3 is 19.3 Å². The van der Waals surface area contributed by atoms with Gasteiger partial charge in [0.1, 0.15) is 0 Å². The quantitative estimate of drug-likeness (QED) is 0.694. The van der Waals surface area contributed by atoms with E-state index in [4.69, 9.17) is 14.2 Å². The molecule has 0 aliphatic heterocycles. The molecule has 1 N–H and O–H groups in total. The van der Waals surface area contributed by atoms with Crippen molar-refractivity contribution in [2.75, 3.05) is 14.2 Å². The zero-order valence-electron chi connectivity index (χ0n) is 13.4. The largest absolute Gasteiger partial charge is 0.504 e. The number of aromatic hydroxyl groups is 1. The molecule has 0 heterocycles. The van der Waals surface area contributed by atoms with Crippen molar-refractivity contribution in [1.82, 2.24) is 0 Å². The van der Waals surface area contributed by atoms with Gasteiger partial charge in [0.15, 0.2) is 11.5 Å². The average molecular weight is 304 g/mol. The first-order chi connectivity index (χ1) is 10.3. The summed E-state index contributed by atoms with van der Waals surface area (Å²) in [4.78, 5) is 12.2. The predicted octanol–water partition coefficient (Wildman–Crippen LogP) is 3.51. The van der Waals surface area contributed by atoms with Crippen LogP contribution in [0.4, 0.5) is 0 Å². The summed E-state index contributed by atoms with van der Waals surface area (Å²) < 4.78 is 16.1. The van der Waals surface area contributed by atoms with Crippen LogP contribution in [0.2, 0.25) is 0 Å². The van der Waals surface area contributed by atoms with Gasteiger partial charge in [-0.25, -0.2) is 0 Å². The highest BCUT2D eigenvalue weighted by Crippen LogP contribution is 2.50. The minimum Gasteiger partial charge on any atom is -0.504 e. The molecule has 0 saturated heterocycles. The fourth-order valence-corrected chi connectivity index (χ4v) is 2.06. The number of hydrogen-bond acceptors (Lipinski definition) is 5. The normalized spacial score (nSPS) is 11.3. The van der Waals surface area contributed by atoms with Crippen molar-refractivity contribution in [2.45, 2.75) is 20.8 Å². The lowest BCUT2D eigenvalue weighted by atomic mass is 9.97. The Bertz CT molecular complexity index is 713. The zero-order valence-corrected chi connectivity index (χ0v) is 13.4. The Morgan fingerprint density at radius 1 is 0.955 bits per heavy atom. The Labute approximate surface area is 129 Å². The maximum absolute atomic E-state index is 12.2. The number of benzene rings is 2. The van der Waals surface area contributed by atoms with Gasteiger partial charge in [0.05, 0.1) is 19.6 Å². The third kappa shape index (κ3) is 2.66. The third-order valence-corrected chi connectivity index (χ3v) is 3.27. The number of phenols is 1. The third-order valence-electron chi connectivity index (χ3n) is 3.27. The SMILES string of the molecule is COc1c(OC)c(OC(=O)C(C)(C)C)c2ccccc2c1O. The number of fused-ring (bicyclic) bond motifs is 1. The van der Waals surface area contributed by atoms with E-state index in [1.807, 2.05) is 0 Å². The minimum absolute atomic E-state index is 0.0505. The molecule has 5 heteroatoms. The maximum atomic E-state index is 12.2. The summed E-state index contributed by atoms with van der Waals surface area (Å²) in [7, 11) is 2.85. The number of phenolic OH excluding ortho intramolecular Hbond substituents is 1. The fourth-order valence-electron chi connectivity index (χ4n) is 2.06. The number of ether oxygens (including phenoxy) is 3. The van der Waals surface area contributed by atoms with Crippen LogP contribution in [-0.4, -0.2) is 25.3 Å². The van der Waals surface area contributed by atoms with Crippen LogP contribution in [-0.2, 0) is 4.79 Å². The Morgan fingerprint density at radius 2 is 1.50 bits per heavy atom. The number of carbonyl (C=O) groups is 1. The number of rotatable bonds is 3. The Balaban J connectivity index is 2.75. The van der Waals surface area contributed by atoms with Crippen molar-refractivity contribution < 1.29 is 24.1 Å². The molecule has 0 radical (unpaired) electrons. The lowest BCUT2D eigenvalue weighted by Crippen LogP contribution is -2.25. The Kier molecular flexibility index (Phi) is 4.17. The average Bonchev–Trinajstić information content (AvgIpc) is 2.48. The van der Waals surface area contributed by atoms with Crippen molar-refractivity contribution in [1.29, 1.82) is 0 Å². The summed E-state index contributed by atoms with van der Waals surface area (Å²) in [5, 5.41) is 11.4. The van der Waals surface area contributed by atoms with E-state index in [-0.39, 0.29) is 23.0 Å². The summed E-state index contributed by atoms with van der Waals surface area (Å²) >= 11 is 0. The molecule has 0 atom stereocenters. The van der Waals surface area contributed by atoms with Gasteiger partial charge in [-0.3, -0.25) is 4.79 Å². The van der Waals surface area contributed by atoms with Crippen LogP contribution >= 0.6 is 0 Å². The van der Waals surface area contributed by atoms with Gasteiger partial charge >= 0.3 is 5.97 Å². The molecular weight excluding hydrogens is 284 g/mol. The molecule has 0 aliphatic rings. The van der Waals surface area contributed by atoms with Crippen LogP contribution in [0, 0.1) is 5.41 Å². The molecule has 0 aliphatic carbocycles. The summed E-state index contributed by atoms with van der Waals surface area (Å²) in [6.45, 7) is 5.30. The Morgan fingerprint density at radius 3 is 2.00 bits per heavy atom. The molecule has 22 heavy (non-hydrogen) atoms. The molecule has 0 amide bonds. The molecule has 0 aromatic heterocycles. The van der Waals surface area contributed by atoms with Gasteiger partial charge in [-0.05, 0) is 20.8 Å². The van der Waals surface area contributed by atoms with E-state index >= 15 is 0 Å². The molecule has 0 bridgehead atoms. The van der Waals surface area contributed by atoms with E-state index in [1.54, 1.807) is 45.0 Å². The van der Waals surface area contributed by atoms with E-state index in [2.05, 4.69) is 0 Å². The smallest absolute Gasteiger partial charge is 0.316 e. The highest BCUT2D eigenvalue weighted by Gasteiger charge is 2.29. The van der Waals surface area contributed by atoms with E-state index in [0.29, 0.717) is 10.8 Å². The van der Waals surface area contributed by atoms with Gasteiger partial charge in [-0.2, -0.15) is 0 Å². The first kappa shape index (κ1) is 15.9. The van der Waals surface area contributed by atoms with Gasteiger partial charge in [-0.1, -0.05) is 24.3 Å². The van der Waals surface area contributed by atoms with Gasteiger partial charge in [0.2, 0.25) is 11.5 Å². The van der Waals surface area contributed by atoms with Gasteiger partial charge in [-0.15, -0.1) is 0 Å². The van der Waals surface area contributed by atoms with Crippen molar-refractivity contribution in [3.8, 4) is 23.0 Å². The monoisotopic (exact) mass is 304 g/mol. The first-order valence-electron chi connectivity index (χ1n) is 6.89. The van der Waals surface area contributed by atoms with Crippen LogP contribution in [0.1, 0.15) is 20.8 Å². The fraction of sp³-hybridized carbons (Fsp3) is 0.353. The standard InChI is InChI=1S/C17H20O5/c1-17(2,3)16(19)22-13-11-9-7-6-8-10(11)12(18)14(20-4)15(13)21-5/h6-9,18H,1-5H3. The predicted molar refractivity (Wildman–Crippen MR) is 83.8 cm³/mol. The molecule has 118 valence electrons. The summed E-state index contributed by atoms with van der Waals surface area (Å²) in [6, 6.07) is 7.05. The molecule has 5 nitrogen and oxygen atoms in total. The van der Waals surface area contributed by atoms with E-state index in [9.17, 15) is 9.90 Å². The minimum atomic E-state index is -0.669. The zero-order chi connectivity index (χ0) is 16.5. The lowest BCUT2D eigenvalue weighted by molar-refractivity contribution is -0.143. The second-order valence-electron chi connectivity index (χ2n) is 5.93. The van der Waals surface area contributed by atoms with E-state index in [1.165, 1.54) is 14.2 Å². The van der Waals surface area contributed by atoms with E-state index < -0.39 is 11.4 Å². The summed E-state index contributed by atoms with van der Waals surface area (Å²) in [5.41, 5.74) is -0.669. The molecule has 0 saturated carbocycles. The molecule has 0 spiro atoms. The highest BCUT2D eigenvalue weighted by atomic mass is 16.6. The first-order valence-corrected chi connectivity index (χ1v) is 6.89. The number of esters is 1.